The van der Waals surface area contributed by atoms with Crippen LogP contribution in [0.15, 0.2) is 60.7 Å². The van der Waals surface area contributed by atoms with Crippen molar-refractivity contribution in [3.8, 4) is 34.8 Å². The third kappa shape index (κ3) is 10.2. The highest BCUT2D eigenvalue weighted by Crippen LogP contribution is 2.46. The van der Waals surface area contributed by atoms with E-state index in [9.17, 15) is 10.1 Å². The first-order valence-corrected chi connectivity index (χ1v) is 23.1. The van der Waals surface area contributed by atoms with Gasteiger partial charge in [-0.3, -0.25) is 4.90 Å². The maximum Gasteiger partial charge on any atom is 0.418 e. The Morgan fingerprint density at radius 3 is 2.09 bits per heavy atom. The average molecular weight is 959 g/mol. The lowest BCUT2D eigenvalue weighted by molar-refractivity contribution is -0.137. The number of carbonyl (C=O) groups excluding carboxylic acids is 1. The Bertz CT molecular complexity index is 2630. The van der Waals surface area contributed by atoms with Gasteiger partial charge in [0.1, 0.15) is 40.9 Å². The Kier molecular flexibility index (Phi) is 13.8. The molecule has 1 amide bonds. The van der Waals surface area contributed by atoms with Gasteiger partial charge >= 0.3 is 18.3 Å². The summed E-state index contributed by atoms with van der Waals surface area (Å²) in [6, 6.07) is 18.6. The molecule has 3 aliphatic rings. The van der Waals surface area contributed by atoms with Gasteiger partial charge in [0.25, 0.3) is 0 Å². The molecule has 8 rings (SSSR count). The van der Waals surface area contributed by atoms with E-state index in [1.165, 1.54) is 24.0 Å². The first-order chi connectivity index (χ1) is 32.4. The van der Waals surface area contributed by atoms with Crippen LogP contribution in [0.3, 0.4) is 0 Å². The van der Waals surface area contributed by atoms with Gasteiger partial charge in [-0.1, -0.05) is 35.9 Å². The number of amides is 1. The van der Waals surface area contributed by atoms with E-state index in [0.717, 1.165) is 49.9 Å². The molecule has 3 fully saturated rings. The molecule has 68 heavy (non-hydrogen) atoms. The molecule has 2 aromatic heterocycles. The van der Waals surface area contributed by atoms with Crippen LogP contribution in [-0.4, -0.2) is 102 Å². The summed E-state index contributed by atoms with van der Waals surface area (Å²) < 4.78 is 86.8. The molecule has 0 aliphatic carbocycles. The number of alkyl halides is 3. The molecule has 3 saturated heterocycles. The number of benzene rings is 3. The number of hydrogen-bond donors (Lipinski definition) is 0. The van der Waals surface area contributed by atoms with Gasteiger partial charge in [-0.2, -0.15) is 28.4 Å². The number of anilines is 2. The molecule has 0 bridgehead atoms. The van der Waals surface area contributed by atoms with Gasteiger partial charge in [0.15, 0.2) is 5.82 Å². The van der Waals surface area contributed by atoms with Crippen LogP contribution >= 0.6 is 11.6 Å². The summed E-state index contributed by atoms with van der Waals surface area (Å²) >= 11 is 7.02. The monoisotopic (exact) mass is 958 g/mol. The van der Waals surface area contributed by atoms with Gasteiger partial charge in [0.2, 0.25) is 0 Å². The van der Waals surface area contributed by atoms with E-state index >= 15 is 17.6 Å². The molecule has 5 aromatic rings. The molecule has 0 radical (unpaired) electrons. The quantitative estimate of drug-likeness (QED) is 0.104. The predicted octanol–water partition coefficient (Wildman–Crippen LogP) is 10.4. The minimum atomic E-state index is -4.98. The summed E-state index contributed by atoms with van der Waals surface area (Å²) in [7, 11) is 3.11. The molecule has 3 aromatic carbocycles. The molecule has 18 heteroatoms. The fraction of sp³-hybridized carbons (Fsp3) is 0.460. The summed E-state index contributed by atoms with van der Waals surface area (Å²) in [5.74, 6) is 0.452. The Morgan fingerprint density at radius 2 is 1.53 bits per heavy atom. The zero-order valence-electron chi connectivity index (χ0n) is 39.1. The van der Waals surface area contributed by atoms with E-state index in [0.29, 0.717) is 11.5 Å². The molecular formula is C50H55ClF4N8O5. The minimum absolute atomic E-state index is 0.0464. The van der Waals surface area contributed by atoms with Crippen molar-refractivity contribution in [1.29, 1.82) is 5.26 Å². The van der Waals surface area contributed by atoms with Crippen LogP contribution in [0.4, 0.5) is 34.0 Å². The predicted molar refractivity (Wildman–Crippen MR) is 251 cm³/mol. The first kappa shape index (κ1) is 48.3. The third-order valence-corrected chi connectivity index (χ3v) is 13.3. The van der Waals surface area contributed by atoms with Gasteiger partial charge in [-0.15, -0.1) is 0 Å². The Hall–Kier alpha value is -6.12. The van der Waals surface area contributed by atoms with Crippen LogP contribution in [0.25, 0.3) is 22.2 Å². The van der Waals surface area contributed by atoms with Crippen molar-refractivity contribution in [2.24, 2.45) is 0 Å². The van der Waals surface area contributed by atoms with Crippen molar-refractivity contribution in [2.75, 3.05) is 63.4 Å². The van der Waals surface area contributed by atoms with Crippen molar-refractivity contribution in [1.82, 2.24) is 24.8 Å². The number of fused-ring (bicyclic) bond motifs is 2. The van der Waals surface area contributed by atoms with Crippen molar-refractivity contribution in [2.45, 2.75) is 96.2 Å². The van der Waals surface area contributed by atoms with Crippen molar-refractivity contribution in [3.05, 3.63) is 93.8 Å². The average Bonchev–Trinajstić information content (AvgIpc) is 3.88. The van der Waals surface area contributed by atoms with E-state index in [1.807, 2.05) is 29.2 Å². The van der Waals surface area contributed by atoms with Gasteiger partial charge in [-0.25, -0.2) is 14.2 Å². The minimum Gasteiger partial charge on any atom is -0.497 e. The smallest absolute Gasteiger partial charge is 0.418 e. The second kappa shape index (κ2) is 19.5. The van der Waals surface area contributed by atoms with Gasteiger partial charge in [0, 0.05) is 38.1 Å². The van der Waals surface area contributed by atoms with E-state index in [2.05, 4.69) is 20.9 Å². The van der Waals surface area contributed by atoms with Crippen LogP contribution in [0, 0.1) is 24.1 Å². The number of pyridine rings is 1. The second-order valence-electron chi connectivity index (χ2n) is 18.7. The number of methoxy groups -OCH3 is 2. The highest BCUT2D eigenvalue weighted by atomic mass is 35.5. The van der Waals surface area contributed by atoms with Crippen molar-refractivity contribution >= 4 is 40.2 Å². The number of piperazine rings is 1. The van der Waals surface area contributed by atoms with Crippen molar-refractivity contribution in [3.63, 3.8) is 0 Å². The van der Waals surface area contributed by atoms with Gasteiger partial charge < -0.3 is 33.6 Å². The summed E-state index contributed by atoms with van der Waals surface area (Å²) in [5.41, 5.74) is -2.37. The van der Waals surface area contributed by atoms with E-state index in [-0.39, 0.29) is 90.4 Å². The molecule has 3 aliphatic heterocycles. The highest BCUT2D eigenvalue weighted by molar-refractivity contribution is 6.34. The number of nitrogens with zero attached hydrogens (tertiary/aromatic N) is 8. The lowest BCUT2D eigenvalue weighted by Gasteiger charge is -2.41. The molecule has 0 unspecified atom stereocenters. The highest BCUT2D eigenvalue weighted by Gasteiger charge is 2.45. The first-order valence-electron chi connectivity index (χ1n) is 22.7. The molecule has 13 nitrogen and oxygen atoms in total. The van der Waals surface area contributed by atoms with Crippen LogP contribution in [0.1, 0.15) is 75.1 Å². The molecule has 0 N–H and O–H groups in total. The standard InChI is InChI=1S/C50H55ClF4N8O5/c1-31-25-39(61(27-32-9-13-35(65-5)14-10-32)28-33-11-15-36(66-6)16-12-33)57-44(41(31)50(53,54)55)40-38(51)26-37-43(42(40)52)58-46(67-30-49-18-7-21-62(49)22-8-19-49)59-45(37)60-23-24-63(34(29-60)17-20-56)47(64)68-48(2,3)4/h9-16,25-26,34H,7-8,17-19,21-24,27-30H2,1-6H3/t34-/m0/s1. The van der Waals surface area contributed by atoms with Gasteiger partial charge in [-0.05, 0) is 120 Å². The number of hydrogen-bond acceptors (Lipinski definition) is 12. The van der Waals surface area contributed by atoms with E-state index in [1.54, 1.807) is 64.2 Å². The van der Waals surface area contributed by atoms with E-state index < -0.39 is 46.6 Å². The molecule has 0 saturated carbocycles. The molecule has 0 spiro atoms. The fourth-order valence-corrected chi connectivity index (χ4v) is 9.99. The number of ether oxygens (including phenoxy) is 4. The number of aromatic nitrogens is 3. The van der Waals surface area contributed by atoms with Crippen LogP contribution in [0.5, 0.6) is 17.5 Å². The Labute approximate surface area is 398 Å². The van der Waals surface area contributed by atoms with E-state index in [4.69, 9.17) is 35.5 Å². The Balaban J connectivity index is 1.26. The van der Waals surface area contributed by atoms with Crippen molar-refractivity contribution < 1.29 is 41.3 Å². The molecule has 5 heterocycles. The summed E-state index contributed by atoms with van der Waals surface area (Å²) in [5, 5.41) is 9.61. The zero-order chi connectivity index (χ0) is 48.5. The second-order valence-corrected chi connectivity index (χ2v) is 19.1. The summed E-state index contributed by atoms with van der Waals surface area (Å²) in [6.45, 7) is 9.49. The fourth-order valence-electron chi connectivity index (χ4n) is 9.71. The number of rotatable bonds is 13. The van der Waals surface area contributed by atoms with Crippen LogP contribution in [-0.2, 0) is 24.0 Å². The zero-order valence-corrected chi connectivity index (χ0v) is 39.8. The molecular weight excluding hydrogens is 904 g/mol. The lowest BCUT2D eigenvalue weighted by atomic mass is 9.95. The van der Waals surface area contributed by atoms with Gasteiger partial charge in [0.05, 0.1) is 60.1 Å². The largest absolute Gasteiger partial charge is 0.497 e. The van der Waals surface area contributed by atoms with Crippen LogP contribution in [0.2, 0.25) is 5.02 Å². The van der Waals surface area contributed by atoms with Crippen LogP contribution < -0.4 is 24.0 Å². The number of aryl methyl sites for hydroxylation is 1. The summed E-state index contributed by atoms with van der Waals surface area (Å²) in [6.07, 6.45) is -1.81. The maximum atomic E-state index is 17.9. The SMILES string of the molecule is COc1ccc(CN(Cc2ccc(OC)cc2)c2cc(C)c(C(F)(F)F)c(-c3c(Cl)cc4c(N5CCN(C(=O)OC(C)(C)C)[C@@H](CC#N)C5)nc(OCC56CCCN5CCC6)nc4c3F)n2)cc1. The normalized spacial score (nSPS) is 17.2. The summed E-state index contributed by atoms with van der Waals surface area (Å²) in [4.78, 5) is 34.9. The molecule has 1 atom stereocenters. The lowest BCUT2D eigenvalue weighted by Crippen LogP contribution is -2.56. The number of nitriles is 1. The third-order valence-electron chi connectivity index (χ3n) is 13.0. The maximum absolute atomic E-state index is 17.9. The topological polar surface area (TPSA) is 129 Å². The number of carbonyl (C=O) groups is 1. The molecule has 360 valence electrons. The number of halogens is 5. The Morgan fingerprint density at radius 1 is 0.912 bits per heavy atom.